The van der Waals surface area contributed by atoms with Crippen molar-refractivity contribution in [2.75, 3.05) is 11.1 Å². The van der Waals surface area contributed by atoms with Crippen LogP contribution < -0.4 is 10.6 Å². The highest BCUT2D eigenvalue weighted by Crippen LogP contribution is 2.36. The highest BCUT2D eigenvalue weighted by molar-refractivity contribution is 7.99. The van der Waals surface area contributed by atoms with Crippen LogP contribution >= 0.6 is 11.8 Å². The zero-order valence-corrected chi connectivity index (χ0v) is 18.6. The number of rotatable bonds is 2. The van der Waals surface area contributed by atoms with Crippen molar-refractivity contribution in [3.63, 3.8) is 0 Å². The van der Waals surface area contributed by atoms with E-state index in [0.29, 0.717) is 16.5 Å². The van der Waals surface area contributed by atoms with E-state index in [4.69, 9.17) is 9.15 Å². The van der Waals surface area contributed by atoms with Crippen LogP contribution in [0.5, 0.6) is 0 Å². The molecule has 2 heterocycles. The molecule has 1 aliphatic rings. The summed E-state index contributed by atoms with van der Waals surface area (Å²) >= 11 is 1.25. The van der Waals surface area contributed by atoms with E-state index < -0.39 is 29.5 Å². The zero-order valence-electron chi connectivity index (χ0n) is 17.8. The maximum Gasteiger partial charge on any atom is 0.408 e. The van der Waals surface area contributed by atoms with Crippen molar-refractivity contribution >= 4 is 29.4 Å². The van der Waals surface area contributed by atoms with Gasteiger partial charge in [0.15, 0.2) is 0 Å². The van der Waals surface area contributed by atoms with E-state index in [-0.39, 0.29) is 22.6 Å². The fraction of sp³-hybridized carbons (Fsp3) is 0.500. The Hall–Kier alpha value is -2.62. The molecule has 1 aliphatic heterocycles. The Morgan fingerprint density at radius 3 is 2.57 bits per heavy atom. The lowest BCUT2D eigenvalue weighted by Crippen LogP contribution is -2.46. The van der Waals surface area contributed by atoms with E-state index in [0.717, 1.165) is 0 Å². The van der Waals surface area contributed by atoms with Gasteiger partial charge in [-0.15, -0.1) is 22.0 Å². The average Bonchev–Trinajstić information content (AvgIpc) is 3.03. The topological polar surface area (TPSA) is 106 Å². The van der Waals surface area contributed by atoms with Crippen molar-refractivity contribution in [3.05, 3.63) is 23.8 Å². The maximum absolute atomic E-state index is 14.7. The van der Waals surface area contributed by atoms with Crippen molar-refractivity contribution in [3.8, 4) is 11.5 Å². The van der Waals surface area contributed by atoms with Gasteiger partial charge in [0.05, 0.1) is 11.3 Å². The quantitative estimate of drug-likeness (QED) is 0.730. The third-order valence-corrected chi connectivity index (χ3v) is 5.19. The van der Waals surface area contributed by atoms with Crippen molar-refractivity contribution < 1.29 is 23.1 Å². The van der Waals surface area contributed by atoms with Gasteiger partial charge < -0.3 is 19.8 Å². The molecule has 2 aromatic rings. The summed E-state index contributed by atoms with van der Waals surface area (Å²) in [5.41, 5.74) is -0.561. The number of anilines is 1. The largest absolute Gasteiger partial charge is 0.444 e. The highest BCUT2D eigenvalue weighted by atomic mass is 32.2. The van der Waals surface area contributed by atoms with Gasteiger partial charge in [-0.25, -0.2) is 9.18 Å². The number of thioether (sulfide) groups is 1. The molecule has 2 N–H and O–H groups in total. The number of nitrogens with one attached hydrogen (secondary N) is 2. The van der Waals surface area contributed by atoms with Crippen LogP contribution in [-0.2, 0) is 14.9 Å². The monoisotopic (exact) mass is 436 g/mol. The predicted octanol–water partition coefficient (Wildman–Crippen LogP) is 4.11. The Bertz CT molecular complexity index is 978. The summed E-state index contributed by atoms with van der Waals surface area (Å²) < 4.78 is 25.6. The van der Waals surface area contributed by atoms with E-state index in [1.165, 1.54) is 23.9 Å². The van der Waals surface area contributed by atoms with Crippen molar-refractivity contribution in [2.24, 2.45) is 0 Å². The molecule has 0 radical (unpaired) electrons. The maximum atomic E-state index is 14.7. The fourth-order valence-corrected chi connectivity index (χ4v) is 3.63. The summed E-state index contributed by atoms with van der Waals surface area (Å²) in [6.07, 6.45) is -0.693. The van der Waals surface area contributed by atoms with Gasteiger partial charge in [0.2, 0.25) is 11.8 Å². The number of alkyl carbamates (subject to hydrolysis) is 1. The summed E-state index contributed by atoms with van der Waals surface area (Å²) in [4.78, 5) is 25.2. The molecule has 1 aromatic heterocycles. The molecule has 1 atom stereocenters. The smallest absolute Gasteiger partial charge is 0.408 e. The number of aromatic nitrogens is 2. The van der Waals surface area contributed by atoms with Gasteiger partial charge in [-0.1, -0.05) is 20.8 Å². The molecule has 0 bridgehead atoms. The Kier molecular flexibility index (Phi) is 5.81. The first-order chi connectivity index (χ1) is 13.8. The molecule has 0 saturated carbocycles. The fourth-order valence-electron chi connectivity index (χ4n) is 2.60. The first-order valence-electron chi connectivity index (χ1n) is 9.44. The van der Waals surface area contributed by atoms with Crippen LogP contribution in [0.15, 0.2) is 21.4 Å². The molecular weight excluding hydrogens is 411 g/mol. The number of ether oxygens (including phenoxy) is 1. The zero-order chi connectivity index (χ0) is 22.3. The molecule has 162 valence electrons. The van der Waals surface area contributed by atoms with Crippen LogP contribution in [0.4, 0.5) is 14.9 Å². The van der Waals surface area contributed by atoms with Crippen LogP contribution in [0.2, 0.25) is 0 Å². The molecule has 10 heteroatoms. The van der Waals surface area contributed by atoms with Crippen molar-refractivity contribution in [1.82, 2.24) is 15.5 Å². The minimum atomic E-state index is -0.834. The second-order valence-corrected chi connectivity index (χ2v) is 10.1. The minimum Gasteiger partial charge on any atom is -0.444 e. The van der Waals surface area contributed by atoms with Crippen LogP contribution in [0.1, 0.15) is 47.4 Å². The number of halogens is 1. The average molecular weight is 437 g/mol. The molecule has 0 fully saturated rings. The Balaban J connectivity index is 1.82. The lowest BCUT2D eigenvalue weighted by molar-refractivity contribution is -0.117. The summed E-state index contributed by atoms with van der Waals surface area (Å²) in [5.74, 6) is -0.325. The van der Waals surface area contributed by atoms with Crippen LogP contribution in [0, 0.1) is 5.82 Å². The van der Waals surface area contributed by atoms with E-state index in [9.17, 15) is 14.0 Å². The molecule has 8 nitrogen and oxygen atoms in total. The Labute approximate surface area is 178 Å². The number of amides is 2. The number of hydrogen-bond acceptors (Lipinski definition) is 7. The number of carbonyl (C=O) groups excluding carboxylic acids is 2. The van der Waals surface area contributed by atoms with Gasteiger partial charge in [0, 0.05) is 16.1 Å². The second-order valence-electron chi connectivity index (χ2n) is 8.99. The summed E-state index contributed by atoms with van der Waals surface area (Å²) in [5, 5.41) is 13.2. The summed E-state index contributed by atoms with van der Waals surface area (Å²) in [6, 6.07) is 1.94. The second kappa shape index (κ2) is 7.90. The van der Waals surface area contributed by atoms with Crippen LogP contribution in [0.3, 0.4) is 0 Å². The predicted molar refractivity (Wildman–Crippen MR) is 111 cm³/mol. The van der Waals surface area contributed by atoms with E-state index >= 15 is 0 Å². The van der Waals surface area contributed by atoms with Gasteiger partial charge in [-0.3, -0.25) is 4.79 Å². The van der Waals surface area contributed by atoms with Crippen molar-refractivity contribution in [2.45, 2.75) is 63.5 Å². The lowest BCUT2D eigenvalue weighted by atomic mass is 9.97. The molecule has 30 heavy (non-hydrogen) atoms. The van der Waals surface area contributed by atoms with Crippen LogP contribution in [0.25, 0.3) is 11.5 Å². The standard InChI is InChI=1S/C20H25FN4O4S/c1-19(2,3)17-25-24-16(28-17)10-7-12-14(8-11(10)21)30-9-13(15(26)22-12)23-18(27)29-20(4,5)6/h7-8,13H,9H2,1-6H3,(H,22,26)(H,23,27)/t13-/m0/s1. The van der Waals surface area contributed by atoms with E-state index in [2.05, 4.69) is 20.8 Å². The van der Waals surface area contributed by atoms with E-state index in [1.54, 1.807) is 20.8 Å². The van der Waals surface area contributed by atoms with Crippen molar-refractivity contribution in [1.29, 1.82) is 0 Å². The Morgan fingerprint density at radius 2 is 1.97 bits per heavy atom. The highest BCUT2D eigenvalue weighted by Gasteiger charge is 2.29. The molecule has 0 unspecified atom stereocenters. The minimum absolute atomic E-state index is 0.0344. The molecule has 3 rings (SSSR count). The van der Waals surface area contributed by atoms with Crippen LogP contribution in [-0.4, -0.2) is 39.6 Å². The third kappa shape index (κ3) is 5.10. The normalized spacial score (nSPS) is 17.0. The first kappa shape index (κ1) is 22.1. The SMILES string of the molecule is CC(C)(C)OC(=O)N[C@H]1CSc2cc(F)c(-c3nnc(C(C)(C)C)o3)cc2NC1=O. The molecule has 0 saturated heterocycles. The summed E-state index contributed by atoms with van der Waals surface area (Å²) in [7, 11) is 0. The molecule has 1 aromatic carbocycles. The number of nitrogens with zero attached hydrogens (tertiary/aromatic N) is 2. The number of hydrogen-bond donors (Lipinski definition) is 2. The molecule has 0 aliphatic carbocycles. The Morgan fingerprint density at radius 1 is 1.27 bits per heavy atom. The molecule has 2 amide bonds. The van der Waals surface area contributed by atoms with Gasteiger partial charge in [0.1, 0.15) is 17.5 Å². The summed E-state index contributed by atoms with van der Waals surface area (Å²) in [6.45, 7) is 10.9. The number of carbonyl (C=O) groups is 2. The molecule has 0 spiro atoms. The number of benzene rings is 1. The van der Waals surface area contributed by atoms with Gasteiger partial charge >= 0.3 is 6.09 Å². The van der Waals surface area contributed by atoms with Gasteiger partial charge in [-0.05, 0) is 32.9 Å². The van der Waals surface area contributed by atoms with E-state index in [1.807, 2.05) is 20.8 Å². The molecular formula is C20H25FN4O4S. The first-order valence-corrected chi connectivity index (χ1v) is 10.4. The third-order valence-electron chi connectivity index (χ3n) is 4.04. The lowest BCUT2D eigenvalue weighted by Gasteiger charge is -2.22. The van der Waals surface area contributed by atoms with Gasteiger partial charge in [-0.2, -0.15) is 0 Å². The number of fused-ring (bicyclic) bond motifs is 1. The van der Waals surface area contributed by atoms with Gasteiger partial charge in [0.25, 0.3) is 5.89 Å².